The van der Waals surface area contributed by atoms with E-state index in [2.05, 4.69) is 4.90 Å². The highest BCUT2D eigenvalue weighted by molar-refractivity contribution is 7.90. The van der Waals surface area contributed by atoms with E-state index in [1.165, 1.54) is 0 Å². The minimum Gasteiger partial charge on any atom is -0.378 e. The second-order valence-corrected chi connectivity index (χ2v) is 10.5. The summed E-state index contributed by atoms with van der Waals surface area (Å²) in [6, 6.07) is 6.87. The third-order valence-electron chi connectivity index (χ3n) is 6.55. The Morgan fingerprint density at radius 3 is 2.75 bits per heavy atom. The summed E-state index contributed by atoms with van der Waals surface area (Å²) in [5.41, 5.74) is 1.98. The lowest BCUT2D eigenvalue weighted by atomic mass is 10.0. The molecule has 2 aromatic rings. The van der Waals surface area contributed by atoms with E-state index < -0.39 is 16.5 Å². The highest BCUT2D eigenvalue weighted by atomic mass is 32.2. The number of nitrogens with zero attached hydrogens (tertiary/aromatic N) is 4. The van der Waals surface area contributed by atoms with Crippen molar-refractivity contribution >= 4 is 15.7 Å². The van der Waals surface area contributed by atoms with Crippen molar-refractivity contribution < 1.29 is 22.3 Å². The molecule has 10 heteroatoms. The molecule has 5 rings (SSSR count). The Labute approximate surface area is 186 Å². The number of amides is 1. The molecule has 1 aromatic carbocycles. The number of morpholine rings is 1. The van der Waals surface area contributed by atoms with Gasteiger partial charge in [0.25, 0.3) is 5.91 Å². The number of aromatic nitrogens is 2. The number of carbonyl (C=O) groups excluding carboxylic acids is 1. The standard InChI is InChI=1S/C22H27FN4O4S/c23-7-9-25-8-3-4-16(14-25)27-21-17-5-1-2-6-19(17)32(29,30)15-18(21)20(24-27)22(28)26-10-12-31-13-11-26/h1-2,5-6,16H,3-4,7-15H2/t16-/m1/s1. The van der Waals surface area contributed by atoms with Crippen LogP contribution in [0.3, 0.4) is 0 Å². The number of alkyl halides is 1. The first-order valence-corrected chi connectivity index (χ1v) is 12.7. The van der Waals surface area contributed by atoms with Crippen LogP contribution >= 0.6 is 0 Å². The van der Waals surface area contributed by atoms with Gasteiger partial charge in [0.15, 0.2) is 15.5 Å². The monoisotopic (exact) mass is 462 g/mol. The third kappa shape index (κ3) is 3.74. The van der Waals surface area contributed by atoms with Crippen molar-refractivity contribution in [1.82, 2.24) is 19.6 Å². The van der Waals surface area contributed by atoms with Crippen LogP contribution in [-0.4, -0.2) is 86.5 Å². The van der Waals surface area contributed by atoms with Crippen LogP contribution in [0.15, 0.2) is 29.2 Å². The minimum atomic E-state index is -3.59. The quantitative estimate of drug-likeness (QED) is 0.690. The lowest BCUT2D eigenvalue weighted by molar-refractivity contribution is 0.0297. The summed E-state index contributed by atoms with van der Waals surface area (Å²) in [4.78, 5) is 17.4. The summed E-state index contributed by atoms with van der Waals surface area (Å²) in [7, 11) is -3.59. The van der Waals surface area contributed by atoms with E-state index in [1.54, 1.807) is 29.2 Å². The van der Waals surface area contributed by atoms with Crippen LogP contribution in [0.1, 0.15) is 34.9 Å². The van der Waals surface area contributed by atoms with Gasteiger partial charge >= 0.3 is 0 Å². The van der Waals surface area contributed by atoms with Crippen molar-refractivity contribution in [3.05, 3.63) is 35.5 Å². The Kier molecular flexibility index (Phi) is 5.77. The van der Waals surface area contributed by atoms with Gasteiger partial charge in [-0.05, 0) is 25.5 Å². The average molecular weight is 463 g/mol. The Hall–Kier alpha value is -2.30. The minimum absolute atomic E-state index is 0.0517. The molecular weight excluding hydrogens is 435 g/mol. The second-order valence-electron chi connectivity index (χ2n) is 8.57. The summed E-state index contributed by atoms with van der Waals surface area (Å²) < 4.78 is 46.4. The van der Waals surface area contributed by atoms with E-state index in [4.69, 9.17) is 9.84 Å². The molecule has 0 spiro atoms. The van der Waals surface area contributed by atoms with Gasteiger partial charge < -0.3 is 9.64 Å². The van der Waals surface area contributed by atoms with E-state index >= 15 is 0 Å². The number of hydrogen-bond donors (Lipinski definition) is 0. The first-order chi connectivity index (χ1) is 15.5. The molecule has 1 atom stereocenters. The fourth-order valence-electron chi connectivity index (χ4n) is 5.00. The molecule has 0 bridgehead atoms. The number of carbonyl (C=O) groups is 1. The summed E-state index contributed by atoms with van der Waals surface area (Å²) in [5, 5.41) is 4.75. The number of sulfone groups is 1. The van der Waals surface area contributed by atoms with E-state index in [0.29, 0.717) is 56.2 Å². The first-order valence-electron chi connectivity index (χ1n) is 11.1. The molecule has 1 aromatic heterocycles. The number of benzene rings is 1. The number of halogens is 1. The summed E-state index contributed by atoms with van der Waals surface area (Å²) in [6.07, 6.45) is 1.74. The van der Waals surface area contributed by atoms with Gasteiger partial charge in [0.05, 0.1) is 35.6 Å². The van der Waals surface area contributed by atoms with Crippen LogP contribution in [0.5, 0.6) is 0 Å². The van der Waals surface area contributed by atoms with Gasteiger partial charge in [-0.3, -0.25) is 14.4 Å². The number of likely N-dealkylation sites (tertiary alicyclic amines) is 1. The topological polar surface area (TPSA) is 84.7 Å². The largest absolute Gasteiger partial charge is 0.378 e. The number of hydrogen-bond acceptors (Lipinski definition) is 6. The van der Waals surface area contributed by atoms with Gasteiger partial charge in [0, 0.05) is 37.3 Å². The molecule has 2 fully saturated rings. The zero-order chi connectivity index (χ0) is 22.3. The molecule has 1 amide bonds. The van der Waals surface area contributed by atoms with Crippen LogP contribution in [-0.2, 0) is 20.3 Å². The van der Waals surface area contributed by atoms with E-state index in [0.717, 1.165) is 19.4 Å². The molecule has 172 valence electrons. The molecule has 0 radical (unpaired) electrons. The highest BCUT2D eigenvalue weighted by Gasteiger charge is 2.38. The zero-order valence-corrected chi connectivity index (χ0v) is 18.7. The number of piperidine rings is 1. The lowest BCUT2D eigenvalue weighted by Crippen LogP contribution is -2.41. The molecule has 0 aliphatic carbocycles. The van der Waals surface area contributed by atoms with Crippen molar-refractivity contribution in [2.75, 3.05) is 52.6 Å². The zero-order valence-electron chi connectivity index (χ0n) is 17.9. The first kappa shape index (κ1) is 21.5. The predicted octanol–water partition coefficient (Wildman–Crippen LogP) is 1.92. The van der Waals surface area contributed by atoms with Crippen molar-refractivity contribution in [2.45, 2.75) is 29.5 Å². The summed E-state index contributed by atoms with van der Waals surface area (Å²) >= 11 is 0. The fourth-order valence-corrected chi connectivity index (χ4v) is 6.59. The third-order valence-corrected chi connectivity index (χ3v) is 8.24. The average Bonchev–Trinajstić information content (AvgIpc) is 3.18. The fraction of sp³-hybridized carbons (Fsp3) is 0.545. The van der Waals surface area contributed by atoms with Crippen LogP contribution < -0.4 is 0 Å². The summed E-state index contributed by atoms with van der Waals surface area (Å²) in [6.45, 7) is 3.23. The Balaban J connectivity index is 1.64. The van der Waals surface area contributed by atoms with Crippen molar-refractivity contribution in [3.63, 3.8) is 0 Å². The van der Waals surface area contributed by atoms with Gasteiger partial charge in [0.2, 0.25) is 0 Å². The Morgan fingerprint density at radius 2 is 1.97 bits per heavy atom. The molecule has 3 aliphatic heterocycles. The maximum absolute atomic E-state index is 13.4. The van der Waals surface area contributed by atoms with Crippen LogP contribution in [0.2, 0.25) is 0 Å². The van der Waals surface area contributed by atoms with Gasteiger partial charge in [0.1, 0.15) is 6.67 Å². The molecule has 32 heavy (non-hydrogen) atoms. The molecule has 4 heterocycles. The molecule has 0 N–H and O–H groups in total. The molecule has 2 saturated heterocycles. The normalized spacial score (nSPS) is 22.9. The van der Waals surface area contributed by atoms with Crippen molar-refractivity contribution in [1.29, 1.82) is 0 Å². The highest BCUT2D eigenvalue weighted by Crippen LogP contribution is 2.41. The maximum atomic E-state index is 13.4. The molecule has 0 unspecified atom stereocenters. The van der Waals surface area contributed by atoms with Crippen LogP contribution in [0.25, 0.3) is 11.3 Å². The van der Waals surface area contributed by atoms with Crippen molar-refractivity contribution in [2.24, 2.45) is 0 Å². The predicted molar refractivity (Wildman–Crippen MR) is 116 cm³/mol. The Morgan fingerprint density at radius 1 is 1.19 bits per heavy atom. The molecular formula is C22H27FN4O4S. The van der Waals surface area contributed by atoms with E-state index in [-0.39, 0.29) is 28.3 Å². The SMILES string of the molecule is O=C(c1nn([C@@H]2CCCN(CCF)C2)c2c1CS(=O)(=O)c1ccccc1-2)N1CCOCC1. The van der Waals surface area contributed by atoms with Crippen LogP contribution in [0.4, 0.5) is 4.39 Å². The second kappa shape index (κ2) is 8.57. The van der Waals surface area contributed by atoms with Crippen LogP contribution in [0, 0.1) is 0 Å². The molecule has 0 saturated carbocycles. The van der Waals surface area contributed by atoms with Gasteiger partial charge in [-0.15, -0.1) is 0 Å². The number of rotatable bonds is 4. The number of fused-ring (bicyclic) bond motifs is 3. The van der Waals surface area contributed by atoms with Crippen molar-refractivity contribution in [3.8, 4) is 11.3 Å². The van der Waals surface area contributed by atoms with E-state index in [1.807, 2.05) is 4.68 Å². The number of ether oxygens (including phenoxy) is 1. The molecule has 8 nitrogen and oxygen atoms in total. The van der Waals surface area contributed by atoms with Gasteiger partial charge in [-0.2, -0.15) is 5.10 Å². The van der Waals surface area contributed by atoms with E-state index in [9.17, 15) is 17.6 Å². The lowest BCUT2D eigenvalue weighted by Gasteiger charge is -2.33. The maximum Gasteiger partial charge on any atom is 0.274 e. The molecule has 3 aliphatic rings. The van der Waals surface area contributed by atoms with Gasteiger partial charge in [-0.25, -0.2) is 12.8 Å². The smallest absolute Gasteiger partial charge is 0.274 e. The summed E-state index contributed by atoms with van der Waals surface area (Å²) in [5.74, 6) is -0.500. The Bertz CT molecular complexity index is 1120. The van der Waals surface area contributed by atoms with Gasteiger partial charge in [-0.1, -0.05) is 18.2 Å².